The van der Waals surface area contributed by atoms with Crippen LogP contribution in [0.2, 0.25) is 0 Å². The van der Waals surface area contributed by atoms with Gasteiger partial charge in [-0.15, -0.1) is 0 Å². The van der Waals surface area contributed by atoms with Gasteiger partial charge in [-0.3, -0.25) is 49.2 Å². The molecule has 0 aliphatic carbocycles. The normalized spacial score (nSPS) is 19.1. The zero-order valence-electron chi connectivity index (χ0n) is 34.3. The molecule has 0 bridgehead atoms. The number of benzene rings is 2. The predicted molar refractivity (Wildman–Crippen MR) is 212 cm³/mol. The molecule has 59 heavy (non-hydrogen) atoms. The van der Waals surface area contributed by atoms with E-state index in [1.807, 2.05) is 10.6 Å². The molecule has 1 unspecified atom stereocenters. The molecule has 5 N–H and O–H groups in total. The van der Waals surface area contributed by atoms with Crippen molar-refractivity contribution < 1.29 is 60.7 Å². The van der Waals surface area contributed by atoms with Crippen molar-refractivity contribution in [1.82, 2.24) is 29.9 Å². The Morgan fingerprint density at radius 2 is 1.15 bits per heavy atom. The smallest absolute Gasteiger partial charge is 0.330 e. The lowest BCUT2D eigenvalue weighted by Crippen LogP contribution is -2.59. The van der Waals surface area contributed by atoms with Crippen LogP contribution in [0.25, 0.3) is 0 Å². The number of imide groups is 4. The number of aliphatic carboxylic acids is 1. The van der Waals surface area contributed by atoms with Crippen molar-refractivity contribution in [3.05, 3.63) is 71.3 Å². The summed E-state index contributed by atoms with van der Waals surface area (Å²) in [7, 11) is -0.627. The minimum absolute atomic E-state index is 0.234. The Labute approximate surface area is 345 Å². The number of carbonyl (C=O) groups is 8. The van der Waals surface area contributed by atoms with Gasteiger partial charge in [0.25, 0.3) is 5.91 Å². The second-order valence-electron chi connectivity index (χ2n) is 16.0. The fourth-order valence-electron chi connectivity index (χ4n) is 5.09. The third-order valence-corrected chi connectivity index (χ3v) is 12.1. The number of Topliss-reactive ketones (excluding diaryl/α,β-unsaturated/α-hetero) is 1. The summed E-state index contributed by atoms with van der Waals surface area (Å²) in [4.78, 5) is 93.2. The zero-order valence-corrected chi connectivity index (χ0v) is 35.9. The highest BCUT2D eigenvalue weighted by Crippen LogP contribution is 2.31. The van der Waals surface area contributed by atoms with Crippen LogP contribution in [0.1, 0.15) is 85.8 Å². The molecule has 2 aliphatic rings. The van der Waals surface area contributed by atoms with E-state index in [4.69, 9.17) is 5.11 Å². The molecule has 0 saturated carbocycles. The largest absolute Gasteiger partial charge is 0.481 e. The molecule has 21 heteroatoms. The molecule has 2 saturated heterocycles. The van der Waals surface area contributed by atoms with Crippen LogP contribution in [0.15, 0.2) is 48.5 Å². The molecule has 5 atom stereocenters. The van der Waals surface area contributed by atoms with Crippen molar-refractivity contribution >= 4 is 69.4 Å². The first-order valence-corrected chi connectivity index (χ1v) is 20.1. The Bertz CT molecular complexity index is 2040. The van der Waals surface area contributed by atoms with E-state index in [-0.39, 0.29) is 12.8 Å². The van der Waals surface area contributed by atoms with Crippen molar-refractivity contribution in [2.45, 2.75) is 95.2 Å². The van der Waals surface area contributed by atoms with Gasteiger partial charge in [-0.25, -0.2) is 36.2 Å². The maximum absolute atomic E-state index is 13.8. The summed E-state index contributed by atoms with van der Waals surface area (Å²) in [5.74, 6) is -7.50. The highest BCUT2D eigenvalue weighted by molar-refractivity contribution is 7.84. The average Bonchev–Trinajstić information content (AvgIpc) is 3.09. The second kappa shape index (κ2) is 19.8. The van der Waals surface area contributed by atoms with Crippen LogP contribution < -0.4 is 20.1 Å². The highest BCUT2D eigenvalue weighted by atomic mass is 32.2. The number of carboxylic acids is 1. The molecule has 2 aromatic carbocycles. The SMILES string of the molecule is CC(C)(C)[S@](=O)N[C@](C)(CC(=O)O)c1cccc(F)c1.CN1C(=O)CC(=O)NC1=O.CN1C(=O)NC(=O)C(C(=O)C[C@@](C)(N[S@@](=O)C(C)(C)C)c2cccc(F)c2)C1=O. The lowest BCUT2D eigenvalue weighted by atomic mass is 9.83. The summed E-state index contributed by atoms with van der Waals surface area (Å²) in [6.07, 6.45) is -0.954. The van der Waals surface area contributed by atoms with E-state index >= 15 is 0 Å². The van der Waals surface area contributed by atoms with Gasteiger partial charge in [0.15, 0.2) is 11.7 Å². The molecule has 0 aromatic heterocycles. The summed E-state index contributed by atoms with van der Waals surface area (Å²) in [5.41, 5.74) is -1.65. The van der Waals surface area contributed by atoms with E-state index < -0.39 is 114 Å². The Morgan fingerprint density at radius 1 is 0.729 bits per heavy atom. The van der Waals surface area contributed by atoms with Gasteiger partial charge < -0.3 is 5.11 Å². The number of ketones is 1. The van der Waals surface area contributed by atoms with E-state index in [0.29, 0.717) is 16.0 Å². The van der Waals surface area contributed by atoms with Gasteiger partial charge in [0, 0.05) is 20.5 Å². The summed E-state index contributed by atoms with van der Waals surface area (Å²) in [6, 6.07) is 9.53. The molecule has 2 aliphatic heterocycles. The molecule has 2 fully saturated rings. The van der Waals surface area contributed by atoms with Gasteiger partial charge in [-0.2, -0.15) is 0 Å². The molecular formula is C38H50F2N6O11S2. The van der Waals surface area contributed by atoms with Crippen LogP contribution in [0, 0.1) is 17.6 Å². The minimum atomic E-state index is -1.71. The number of barbiturate groups is 2. The Hall–Kier alpha value is -5.12. The van der Waals surface area contributed by atoms with Crippen LogP contribution in [0.5, 0.6) is 0 Å². The van der Waals surface area contributed by atoms with Crippen molar-refractivity contribution in [3.63, 3.8) is 0 Å². The molecule has 2 heterocycles. The Morgan fingerprint density at radius 3 is 1.54 bits per heavy atom. The lowest BCUT2D eigenvalue weighted by Gasteiger charge is -2.35. The maximum Gasteiger partial charge on any atom is 0.330 e. The summed E-state index contributed by atoms with van der Waals surface area (Å²) >= 11 is 0. The number of amides is 8. The minimum Gasteiger partial charge on any atom is -0.481 e. The summed E-state index contributed by atoms with van der Waals surface area (Å²) < 4.78 is 56.6. The number of carboxylic acid groups (broad SMARTS) is 1. The fourth-order valence-corrected chi connectivity index (χ4v) is 6.90. The Balaban J connectivity index is 0.000000343. The van der Waals surface area contributed by atoms with E-state index in [1.54, 1.807) is 67.5 Å². The molecule has 8 amide bonds. The van der Waals surface area contributed by atoms with Gasteiger partial charge in [0.2, 0.25) is 17.7 Å². The fraction of sp³-hybridized carbons (Fsp3) is 0.474. The summed E-state index contributed by atoms with van der Waals surface area (Å²) in [6.45, 7) is 13.7. The Kier molecular flexibility index (Phi) is 16.7. The first-order valence-electron chi connectivity index (χ1n) is 17.8. The van der Waals surface area contributed by atoms with Crippen LogP contribution in [0.4, 0.5) is 18.4 Å². The van der Waals surface area contributed by atoms with Crippen LogP contribution in [-0.2, 0) is 61.8 Å². The first kappa shape index (κ1) is 50.0. The summed E-state index contributed by atoms with van der Waals surface area (Å²) in [5, 5.41) is 13.0. The van der Waals surface area contributed by atoms with E-state index in [9.17, 15) is 55.6 Å². The van der Waals surface area contributed by atoms with Gasteiger partial charge >= 0.3 is 18.0 Å². The quantitative estimate of drug-likeness (QED) is 0.206. The van der Waals surface area contributed by atoms with Crippen LogP contribution in [-0.4, -0.2) is 94.4 Å². The number of carbonyl (C=O) groups excluding carboxylic acids is 7. The van der Waals surface area contributed by atoms with Gasteiger partial charge in [0.05, 0.1) is 49.0 Å². The number of hydrogen-bond donors (Lipinski definition) is 5. The topological polar surface area (TPSA) is 246 Å². The first-order chi connectivity index (χ1) is 26.9. The van der Waals surface area contributed by atoms with Gasteiger partial charge in [0.1, 0.15) is 18.1 Å². The molecule has 324 valence electrons. The number of nitrogens with zero attached hydrogens (tertiary/aromatic N) is 2. The monoisotopic (exact) mass is 868 g/mol. The van der Waals surface area contributed by atoms with E-state index in [0.717, 1.165) is 11.9 Å². The molecule has 17 nitrogen and oxygen atoms in total. The third-order valence-electron chi connectivity index (χ3n) is 8.64. The number of hydrogen-bond acceptors (Lipinski definition) is 10. The van der Waals surface area contributed by atoms with Crippen LogP contribution in [0.3, 0.4) is 0 Å². The number of urea groups is 2. The molecule has 2 aromatic rings. The van der Waals surface area contributed by atoms with Gasteiger partial charge in [-0.1, -0.05) is 24.3 Å². The van der Waals surface area contributed by atoms with Crippen molar-refractivity contribution in [2.75, 3.05) is 14.1 Å². The van der Waals surface area contributed by atoms with Crippen molar-refractivity contribution in [1.29, 1.82) is 0 Å². The number of halogens is 2. The lowest BCUT2D eigenvalue weighted by molar-refractivity contribution is -0.147. The van der Waals surface area contributed by atoms with Crippen molar-refractivity contribution in [3.8, 4) is 0 Å². The molecule has 4 rings (SSSR count). The molecular weight excluding hydrogens is 819 g/mol. The maximum atomic E-state index is 13.8. The van der Waals surface area contributed by atoms with E-state index in [1.165, 1.54) is 43.4 Å². The predicted octanol–water partition coefficient (Wildman–Crippen LogP) is 3.03. The van der Waals surface area contributed by atoms with Gasteiger partial charge in [-0.05, 0) is 90.8 Å². The number of nitrogens with one attached hydrogen (secondary N) is 4. The van der Waals surface area contributed by atoms with Crippen molar-refractivity contribution in [2.24, 2.45) is 5.92 Å². The average molecular weight is 869 g/mol. The van der Waals surface area contributed by atoms with E-state index in [2.05, 4.69) is 9.44 Å². The number of rotatable bonds is 11. The second-order valence-corrected chi connectivity index (χ2v) is 19.9. The van der Waals surface area contributed by atoms with Crippen LogP contribution >= 0.6 is 0 Å². The zero-order chi connectivity index (χ0) is 45.4. The highest BCUT2D eigenvalue weighted by Gasteiger charge is 2.46. The standard InChI is InChI=1S/C19H24FN3O5S.C14H20FNO3S.C5H6N2O3/c1-18(2,3)29(28)22-19(4,11-7-6-8-12(20)9-11)10-13(24)14-15(25)21-17(27)23(5)16(14)26;1-13(2,3)20(19)16-14(4,9-12(17)18)10-6-5-7-11(15)8-10;1-7-4(9)2-3(8)6-5(7)10/h6-9,14,22H,10H2,1-5H3,(H,21,25,27);5-8,16H,9H2,1-4H3,(H,17,18);2H2,1H3,(H,6,8,10)/t14?,19-,29+;14-,20+;/m11./s1. The molecule has 0 radical (unpaired) electrons. The molecule has 0 spiro atoms. The third kappa shape index (κ3) is 14.0.